The molecule has 0 aliphatic heterocycles. The van der Waals surface area contributed by atoms with Crippen molar-refractivity contribution in [3.05, 3.63) is 108 Å². The third kappa shape index (κ3) is 3.77. The lowest BCUT2D eigenvalue weighted by molar-refractivity contribution is 0.101. The van der Waals surface area contributed by atoms with Crippen LogP contribution in [0.3, 0.4) is 0 Å². The largest absolute Gasteiger partial charge is 0.333 e. The van der Waals surface area contributed by atoms with E-state index in [2.05, 4.69) is 38.4 Å². The summed E-state index contributed by atoms with van der Waals surface area (Å²) in [7, 11) is 0. The number of fused-ring (bicyclic) bond motifs is 1. The molecular weight excluding hydrogens is 392 g/mol. The Morgan fingerprint density at radius 3 is 2.67 bits per heavy atom. The molecule has 0 bridgehead atoms. The van der Waals surface area contributed by atoms with E-state index in [-0.39, 0.29) is 5.91 Å². The van der Waals surface area contributed by atoms with E-state index in [1.54, 1.807) is 23.9 Å². The molecule has 0 unspecified atom stereocenters. The van der Waals surface area contributed by atoms with Crippen LogP contribution in [0.2, 0.25) is 0 Å². The van der Waals surface area contributed by atoms with E-state index in [1.165, 1.54) is 0 Å². The average Bonchev–Trinajstić information content (AvgIpc) is 3.48. The molecule has 3 aromatic heterocycles. The zero-order valence-electron chi connectivity index (χ0n) is 16.2. The van der Waals surface area contributed by atoms with E-state index in [0.29, 0.717) is 18.8 Å². The molecule has 1 N–H and O–H groups in total. The van der Waals surface area contributed by atoms with Crippen LogP contribution in [-0.4, -0.2) is 20.0 Å². The average molecular weight is 413 g/mol. The minimum Gasteiger partial charge on any atom is -0.333 e. The van der Waals surface area contributed by atoms with Crippen LogP contribution in [0.25, 0.3) is 10.2 Å². The van der Waals surface area contributed by atoms with Gasteiger partial charge in [0.15, 0.2) is 0 Å². The first-order valence-corrected chi connectivity index (χ1v) is 10.6. The molecule has 0 saturated carbocycles. The molecule has 0 aliphatic carbocycles. The Labute approximate surface area is 178 Å². The van der Waals surface area contributed by atoms with Crippen molar-refractivity contribution in [3.8, 4) is 0 Å². The van der Waals surface area contributed by atoms with Crippen LogP contribution in [0.1, 0.15) is 21.6 Å². The Hall–Kier alpha value is -3.64. The molecule has 0 radical (unpaired) electrons. The highest BCUT2D eigenvalue weighted by Gasteiger charge is 2.17. The van der Waals surface area contributed by atoms with Gasteiger partial charge in [-0.05, 0) is 40.8 Å². The number of hydrogen-bond acceptors (Lipinski definition) is 3. The van der Waals surface area contributed by atoms with Crippen molar-refractivity contribution < 1.29 is 4.79 Å². The summed E-state index contributed by atoms with van der Waals surface area (Å²) >= 11 is 1.65. The van der Waals surface area contributed by atoms with Crippen LogP contribution in [-0.2, 0) is 13.1 Å². The second kappa shape index (κ2) is 8.00. The highest BCUT2D eigenvalue weighted by atomic mass is 32.1. The molecule has 0 fully saturated rings. The summed E-state index contributed by atoms with van der Waals surface area (Å²) in [6, 6.07) is 22.2. The number of thiophene rings is 1. The molecule has 0 aliphatic rings. The number of amides is 1. The summed E-state index contributed by atoms with van der Waals surface area (Å²) in [4.78, 5) is 17.3. The molecule has 6 heteroatoms. The topological polar surface area (TPSA) is 51.9 Å². The lowest BCUT2D eigenvalue weighted by Gasteiger charge is -2.12. The van der Waals surface area contributed by atoms with Gasteiger partial charge in [-0.3, -0.25) is 4.79 Å². The van der Waals surface area contributed by atoms with Gasteiger partial charge in [0, 0.05) is 31.2 Å². The molecular formula is C24H20N4OS. The zero-order chi connectivity index (χ0) is 20.3. The molecule has 5 nitrogen and oxygen atoms in total. The van der Waals surface area contributed by atoms with Crippen LogP contribution >= 0.6 is 11.3 Å². The molecule has 0 spiro atoms. The van der Waals surface area contributed by atoms with Gasteiger partial charge in [-0.1, -0.05) is 42.5 Å². The number of carbonyl (C=O) groups excluding carboxylic acids is 1. The number of anilines is 1. The van der Waals surface area contributed by atoms with Crippen molar-refractivity contribution in [3.63, 3.8) is 0 Å². The van der Waals surface area contributed by atoms with Crippen LogP contribution in [0.15, 0.2) is 90.8 Å². The maximum Gasteiger partial charge on any atom is 0.272 e. The number of carbonyl (C=O) groups is 1. The van der Waals surface area contributed by atoms with E-state index < -0.39 is 0 Å². The van der Waals surface area contributed by atoms with E-state index in [0.717, 1.165) is 27.0 Å². The van der Waals surface area contributed by atoms with Crippen molar-refractivity contribution in [2.45, 2.75) is 13.1 Å². The molecule has 3 heterocycles. The number of rotatable bonds is 6. The first kappa shape index (κ1) is 18.4. The molecule has 0 atom stereocenters. The first-order valence-electron chi connectivity index (χ1n) is 9.73. The second-order valence-corrected chi connectivity index (χ2v) is 8.11. The lowest BCUT2D eigenvalue weighted by atomic mass is 10.2. The summed E-state index contributed by atoms with van der Waals surface area (Å²) in [5.41, 5.74) is 4.81. The smallest absolute Gasteiger partial charge is 0.272 e. The third-order valence-electron chi connectivity index (χ3n) is 5.05. The monoisotopic (exact) mass is 412 g/mol. The van der Waals surface area contributed by atoms with Crippen molar-refractivity contribution in [2.24, 2.45) is 0 Å². The van der Waals surface area contributed by atoms with Crippen LogP contribution in [0.4, 0.5) is 5.69 Å². The number of nitrogens with zero attached hydrogens (tertiary/aromatic N) is 3. The summed E-state index contributed by atoms with van der Waals surface area (Å²) < 4.78 is 5.20. The van der Waals surface area contributed by atoms with Crippen LogP contribution < -0.4 is 5.32 Å². The Balaban J connectivity index is 1.41. The highest BCUT2D eigenvalue weighted by molar-refractivity contribution is 7.17. The second-order valence-electron chi connectivity index (χ2n) is 7.16. The van der Waals surface area contributed by atoms with Crippen molar-refractivity contribution in [2.75, 3.05) is 5.32 Å². The van der Waals surface area contributed by atoms with E-state index >= 15 is 0 Å². The van der Waals surface area contributed by atoms with Gasteiger partial charge in [-0.15, -0.1) is 11.3 Å². The summed E-state index contributed by atoms with van der Waals surface area (Å²) in [6.07, 6.45) is 5.47. The van der Waals surface area contributed by atoms with Gasteiger partial charge in [-0.25, -0.2) is 4.98 Å². The van der Waals surface area contributed by atoms with Gasteiger partial charge in [-0.2, -0.15) is 0 Å². The van der Waals surface area contributed by atoms with Gasteiger partial charge < -0.3 is 14.5 Å². The quantitative estimate of drug-likeness (QED) is 0.414. The SMILES string of the molecule is O=C(Nc1cccc(Cn2ccnc2)c1)c1cc2sccc2n1Cc1ccccc1. The highest BCUT2D eigenvalue weighted by Crippen LogP contribution is 2.27. The van der Waals surface area contributed by atoms with Gasteiger partial charge in [0.25, 0.3) is 5.91 Å². The van der Waals surface area contributed by atoms with Crippen LogP contribution in [0, 0.1) is 0 Å². The lowest BCUT2D eigenvalue weighted by Crippen LogP contribution is -2.17. The molecule has 5 aromatic rings. The molecule has 2 aromatic carbocycles. The first-order chi connectivity index (χ1) is 14.8. The van der Waals surface area contributed by atoms with Gasteiger partial charge in [0.2, 0.25) is 0 Å². The minimum absolute atomic E-state index is 0.103. The summed E-state index contributed by atoms with van der Waals surface area (Å²) in [5, 5.41) is 5.14. The number of benzene rings is 2. The number of nitrogens with one attached hydrogen (secondary N) is 1. The molecule has 0 saturated heterocycles. The predicted octanol–water partition coefficient (Wildman–Crippen LogP) is 5.25. The summed E-state index contributed by atoms with van der Waals surface area (Å²) in [6.45, 7) is 1.37. The molecule has 1 amide bonds. The Morgan fingerprint density at radius 2 is 1.83 bits per heavy atom. The number of imidazole rings is 1. The van der Waals surface area contributed by atoms with Gasteiger partial charge in [0.1, 0.15) is 5.69 Å². The van der Waals surface area contributed by atoms with E-state index in [4.69, 9.17) is 0 Å². The maximum absolute atomic E-state index is 13.2. The van der Waals surface area contributed by atoms with E-state index in [1.807, 2.05) is 59.3 Å². The maximum atomic E-state index is 13.2. The number of hydrogen-bond donors (Lipinski definition) is 1. The van der Waals surface area contributed by atoms with Crippen molar-refractivity contribution in [1.82, 2.24) is 14.1 Å². The Kier molecular flexibility index (Phi) is 4.91. The zero-order valence-corrected chi connectivity index (χ0v) is 17.0. The molecule has 5 rings (SSSR count). The van der Waals surface area contributed by atoms with Crippen molar-refractivity contribution in [1.29, 1.82) is 0 Å². The Morgan fingerprint density at radius 1 is 0.967 bits per heavy atom. The fourth-order valence-corrected chi connectivity index (χ4v) is 4.46. The van der Waals surface area contributed by atoms with Crippen LogP contribution in [0.5, 0.6) is 0 Å². The fraction of sp³-hybridized carbons (Fsp3) is 0.0833. The molecule has 148 valence electrons. The number of aromatic nitrogens is 3. The molecule has 30 heavy (non-hydrogen) atoms. The minimum atomic E-state index is -0.103. The summed E-state index contributed by atoms with van der Waals surface area (Å²) in [5.74, 6) is -0.103. The Bertz CT molecular complexity index is 1290. The third-order valence-corrected chi connectivity index (χ3v) is 5.90. The van der Waals surface area contributed by atoms with Crippen molar-refractivity contribution >= 4 is 33.1 Å². The standard InChI is InChI=1S/C24H20N4OS/c29-24(26-20-8-4-7-19(13-20)15-27-11-10-25-17-27)22-14-23-21(9-12-30-23)28(22)16-18-5-2-1-3-6-18/h1-14,17H,15-16H2,(H,26,29). The van der Waals surface area contributed by atoms with Gasteiger partial charge in [0.05, 0.1) is 16.5 Å². The predicted molar refractivity (Wildman–Crippen MR) is 121 cm³/mol. The van der Waals surface area contributed by atoms with E-state index in [9.17, 15) is 4.79 Å². The fourth-order valence-electron chi connectivity index (χ4n) is 3.64. The van der Waals surface area contributed by atoms with Gasteiger partial charge >= 0.3 is 0 Å². The normalized spacial score (nSPS) is 11.1.